The van der Waals surface area contributed by atoms with E-state index < -0.39 is 0 Å². The first-order chi connectivity index (χ1) is 9.19. The van der Waals surface area contributed by atoms with E-state index in [-0.39, 0.29) is 0 Å². The van der Waals surface area contributed by atoms with Crippen LogP contribution in [0.25, 0.3) is 0 Å². The van der Waals surface area contributed by atoms with Crippen LogP contribution in [0.2, 0.25) is 0 Å². The molecule has 1 heterocycles. The molecule has 0 saturated carbocycles. The van der Waals surface area contributed by atoms with Crippen molar-refractivity contribution in [1.82, 2.24) is 4.90 Å². The topological polar surface area (TPSA) is 32.5 Å². The summed E-state index contributed by atoms with van der Waals surface area (Å²) in [7, 11) is 0. The van der Waals surface area contributed by atoms with Gasteiger partial charge in [-0.1, -0.05) is 19.1 Å². The first kappa shape index (κ1) is 14.4. The van der Waals surface area contributed by atoms with Gasteiger partial charge < -0.3 is 10.6 Å². The van der Waals surface area contributed by atoms with Crippen molar-refractivity contribution in [2.75, 3.05) is 44.2 Å². The maximum atomic E-state index is 5.62. The van der Waals surface area contributed by atoms with E-state index in [9.17, 15) is 0 Å². The molecule has 2 N–H and O–H groups in total. The highest BCUT2D eigenvalue weighted by Gasteiger charge is 2.18. The van der Waals surface area contributed by atoms with Gasteiger partial charge in [0.25, 0.3) is 0 Å². The van der Waals surface area contributed by atoms with Gasteiger partial charge in [0.1, 0.15) is 0 Å². The van der Waals surface area contributed by atoms with Crippen LogP contribution in [0.15, 0.2) is 24.3 Å². The van der Waals surface area contributed by atoms with Crippen LogP contribution >= 0.6 is 0 Å². The van der Waals surface area contributed by atoms with Gasteiger partial charge in [0.2, 0.25) is 0 Å². The average Bonchev–Trinajstić information content (AvgIpc) is 2.40. The third kappa shape index (κ3) is 4.22. The third-order valence-corrected chi connectivity index (χ3v) is 3.97. The lowest BCUT2D eigenvalue weighted by Crippen LogP contribution is -2.47. The summed E-state index contributed by atoms with van der Waals surface area (Å²) in [5.74, 6) is 0.718. The lowest BCUT2D eigenvalue weighted by molar-refractivity contribution is 0.221. The van der Waals surface area contributed by atoms with Crippen molar-refractivity contribution >= 4 is 5.69 Å². The second kappa shape index (κ2) is 6.92. The Morgan fingerprint density at radius 2 is 1.95 bits per heavy atom. The van der Waals surface area contributed by atoms with E-state index in [1.807, 2.05) is 0 Å². The smallest absolute Gasteiger partial charge is 0.0369 e. The number of piperazine rings is 1. The second-order valence-electron chi connectivity index (χ2n) is 5.81. The monoisotopic (exact) mass is 261 g/mol. The summed E-state index contributed by atoms with van der Waals surface area (Å²) in [5.41, 5.74) is 8.33. The average molecular weight is 261 g/mol. The van der Waals surface area contributed by atoms with Crippen molar-refractivity contribution in [3.8, 4) is 0 Å². The number of aryl methyl sites for hydroxylation is 1. The fourth-order valence-corrected chi connectivity index (χ4v) is 2.83. The first-order valence-corrected chi connectivity index (χ1v) is 7.43. The van der Waals surface area contributed by atoms with Gasteiger partial charge in [0.05, 0.1) is 0 Å². The molecule has 3 heteroatoms. The Morgan fingerprint density at radius 1 is 1.21 bits per heavy atom. The van der Waals surface area contributed by atoms with Gasteiger partial charge in [0, 0.05) is 38.4 Å². The largest absolute Gasteiger partial charge is 0.369 e. The fourth-order valence-electron chi connectivity index (χ4n) is 2.83. The SMILES string of the molecule is Cc1cccc(N2CCN(CC(C)CCN)CC2)c1. The molecule has 0 aromatic heterocycles. The Hall–Kier alpha value is -1.06. The first-order valence-electron chi connectivity index (χ1n) is 7.43. The predicted molar refractivity (Wildman–Crippen MR) is 82.7 cm³/mol. The molecule has 1 aliphatic heterocycles. The molecule has 2 rings (SSSR count). The van der Waals surface area contributed by atoms with Gasteiger partial charge in [0.15, 0.2) is 0 Å². The molecule has 19 heavy (non-hydrogen) atoms. The summed E-state index contributed by atoms with van der Waals surface area (Å²) in [6.07, 6.45) is 1.14. The quantitative estimate of drug-likeness (QED) is 0.881. The van der Waals surface area contributed by atoms with Gasteiger partial charge >= 0.3 is 0 Å². The summed E-state index contributed by atoms with van der Waals surface area (Å²) in [6.45, 7) is 11.1. The minimum Gasteiger partial charge on any atom is -0.369 e. The molecule has 1 fully saturated rings. The summed E-state index contributed by atoms with van der Waals surface area (Å²) in [4.78, 5) is 5.07. The highest BCUT2D eigenvalue weighted by atomic mass is 15.3. The van der Waals surface area contributed by atoms with Crippen LogP contribution in [0, 0.1) is 12.8 Å². The number of hydrogen-bond acceptors (Lipinski definition) is 3. The molecule has 1 aromatic carbocycles. The molecule has 1 aromatic rings. The van der Waals surface area contributed by atoms with Crippen molar-refractivity contribution in [1.29, 1.82) is 0 Å². The van der Waals surface area contributed by atoms with Crippen molar-refractivity contribution in [2.45, 2.75) is 20.3 Å². The van der Waals surface area contributed by atoms with E-state index in [2.05, 4.69) is 47.9 Å². The van der Waals surface area contributed by atoms with Gasteiger partial charge in [-0.25, -0.2) is 0 Å². The fraction of sp³-hybridized carbons (Fsp3) is 0.625. The Morgan fingerprint density at radius 3 is 2.58 bits per heavy atom. The number of nitrogens with zero attached hydrogens (tertiary/aromatic N) is 2. The second-order valence-corrected chi connectivity index (χ2v) is 5.81. The van der Waals surface area contributed by atoms with Crippen molar-refractivity contribution in [3.63, 3.8) is 0 Å². The molecule has 1 unspecified atom stereocenters. The number of nitrogens with two attached hydrogens (primary N) is 1. The molecule has 0 aliphatic carbocycles. The number of rotatable bonds is 5. The maximum absolute atomic E-state index is 5.62. The van der Waals surface area contributed by atoms with Crippen LogP contribution in [-0.4, -0.2) is 44.2 Å². The summed E-state index contributed by atoms with van der Waals surface area (Å²) in [6, 6.07) is 8.82. The van der Waals surface area contributed by atoms with Crippen LogP contribution in [0.3, 0.4) is 0 Å². The Balaban J connectivity index is 1.82. The van der Waals surface area contributed by atoms with Crippen LogP contribution in [0.1, 0.15) is 18.9 Å². The molecule has 0 spiro atoms. The molecular weight excluding hydrogens is 234 g/mol. The molecule has 106 valence electrons. The lowest BCUT2D eigenvalue weighted by atomic mass is 10.1. The standard InChI is InChI=1S/C16H27N3/c1-14-4-3-5-16(12-14)19-10-8-18(9-11-19)13-15(2)6-7-17/h3-5,12,15H,6-11,13,17H2,1-2H3. The molecule has 1 saturated heterocycles. The van der Waals surface area contributed by atoms with Gasteiger partial charge in [-0.3, -0.25) is 4.90 Å². The van der Waals surface area contributed by atoms with Crippen molar-refractivity contribution < 1.29 is 0 Å². The Bertz CT molecular complexity index is 383. The van der Waals surface area contributed by atoms with Crippen LogP contribution in [0.5, 0.6) is 0 Å². The zero-order valence-corrected chi connectivity index (χ0v) is 12.3. The molecule has 0 amide bonds. The van der Waals surface area contributed by atoms with Crippen LogP contribution in [-0.2, 0) is 0 Å². The highest BCUT2D eigenvalue weighted by Crippen LogP contribution is 2.18. The van der Waals surface area contributed by atoms with E-state index in [0.29, 0.717) is 0 Å². The lowest BCUT2D eigenvalue weighted by Gasteiger charge is -2.37. The number of anilines is 1. The third-order valence-electron chi connectivity index (χ3n) is 3.97. The van der Waals surface area contributed by atoms with Gasteiger partial charge in [-0.05, 0) is 43.5 Å². The van der Waals surface area contributed by atoms with Crippen molar-refractivity contribution in [3.05, 3.63) is 29.8 Å². The molecule has 0 bridgehead atoms. The summed E-state index contributed by atoms with van der Waals surface area (Å²) in [5, 5.41) is 0. The van der Waals surface area contributed by atoms with Crippen LogP contribution in [0.4, 0.5) is 5.69 Å². The van der Waals surface area contributed by atoms with E-state index in [1.165, 1.54) is 30.9 Å². The van der Waals surface area contributed by atoms with E-state index >= 15 is 0 Å². The van der Waals surface area contributed by atoms with Gasteiger partial charge in [-0.15, -0.1) is 0 Å². The Kier molecular flexibility index (Phi) is 5.23. The number of hydrogen-bond donors (Lipinski definition) is 1. The predicted octanol–water partition coefficient (Wildman–Crippen LogP) is 2.10. The molecule has 1 aliphatic rings. The molecule has 1 atom stereocenters. The van der Waals surface area contributed by atoms with Gasteiger partial charge in [-0.2, -0.15) is 0 Å². The number of benzene rings is 1. The molecular formula is C16H27N3. The Labute approximate surface area is 117 Å². The molecule has 3 nitrogen and oxygen atoms in total. The zero-order valence-electron chi connectivity index (χ0n) is 12.3. The van der Waals surface area contributed by atoms with Crippen molar-refractivity contribution in [2.24, 2.45) is 11.7 Å². The minimum absolute atomic E-state index is 0.718. The highest BCUT2D eigenvalue weighted by molar-refractivity contribution is 5.48. The van der Waals surface area contributed by atoms with E-state index in [4.69, 9.17) is 5.73 Å². The molecule has 0 radical (unpaired) electrons. The van der Waals surface area contributed by atoms with Crippen LogP contribution < -0.4 is 10.6 Å². The van der Waals surface area contributed by atoms with E-state index in [1.54, 1.807) is 0 Å². The summed E-state index contributed by atoms with van der Waals surface area (Å²) >= 11 is 0. The summed E-state index contributed by atoms with van der Waals surface area (Å²) < 4.78 is 0. The minimum atomic E-state index is 0.718. The zero-order chi connectivity index (χ0) is 13.7. The normalized spacial score (nSPS) is 18.6. The maximum Gasteiger partial charge on any atom is 0.0369 e. The van der Waals surface area contributed by atoms with E-state index in [0.717, 1.165) is 32.0 Å².